The Balaban J connectivity index is 1.64. The van der Waals surface area contributed by atoms with Crippen LogP contribution in [0.1, 0.15) is 45.6 Å². The molecular formula is C32H44FN5O6. The number of aliphatic hydroxyl groups excluding tert-OH is 1. The van der Waals surface area contributed by atoms with Gasteiger partial charge in [0.05, 0.1) is 30.7 Å². The van der Waals surface area contributed by atoms with E-state index in [1.54, 1.807) is 41.8 Å². The van der Waals surface area contributed by atoms with E-state index < -0.39 is 47.5 Å². The summed E-state index contributed by atoms with van der Waals surface area (Å²) in [6, 6.07) is 3.06. The molecule has 1 aliphatic heterocycles. The Hall–Kier alpha value is -3.48. The van der Waals surface area contributed by atoms with Gasteiger partial charge in [-0.1, -0.05) is 36.8 Å². The number of carbonyl (C=O) groups excluding carboxylic acids is 3. The first-order chi connectivity index (χ1) is 21.0. The van der Waals surface area contributed by atoms with Crippen molar-refractivity contribution in [3.8, 4) is 0 Å². The number of aliphatic hydroxyl groups is 1. The normalized spacial score (nSPS) is 27.2. The molecule has 0 bridgehead atoms. The molecule has 1 aromatic heterocycles. The molecule has 2 aliphatic rings. The van der Waals surface area contributed by atoms with Crippen molar-refractivity contribution in [1.29, 1.82) is 0 Å². The second-order valence-corrected chi connectivity index (χ2v) is 12.1. The van der Waals surface area contributed by atoms with Crippen LogP contribution in [0, 0.1) is 23.6 Å². The van der Waals surface area contributed by atoms with Gasteiger partial charge in [0.15, 0.2) is 5.82 Å². The number of hydrogen-bond donors (Lipinski definition) is 1. The molecule has 0 spiro atoms. The maximum absolute atomic E-state index is 15.0. The lowest BCUT2D eigenvalue weighted by molar-refractivity contribution is -0.140. The number of Topliss-reactive ketones (excluding diaryl/α,β-unsaturated/α-hetero) is 2. The Kier molecular flexibility index (Phi) is 11.4. The van der Waals surface area contributed by atoms with Crippen LogP contribution in [0.2, 0.25) is 0 Å². The summed E-state index contributed by atoms with van der Waals surface area (Å²) in [5, 5.41) is 18.6. The first-order valence-corrected chi connectivity index (χ1v) is 15.3. The van der Waals surface area contributed by atoms with Crippen molar-refractivity contribution < 1.29 is 33.4 Å². The van der Waals surface area contributed by atoms with E-state index in [4.69, 9.17) is 9.47 Å². The lowest BCUT2D eigenvalue weighted by Crippen LogP contribution is -2.48. The van der Waals surface area contributed by atoms with Crippen molar-refractivity contribution >= 4 is 34.8 Å². The second kappa shape index (κ2) is 15.0. The molecule has 4 rings (SSSR count). The predicted molar refractivity (Wildman–Crippen MR) is 163 cm³/mol. The molecule has 12 heteroatoms. The number of likely N-dealkylation sites (N-methyl/N-ethyl adjacent to an activating group) is 1. The molecule has 0 radical (unpaired) electrons. The fraction of sp³-hybridized carbons (Fsp3) is 0.594. The highest BCUT2D eigenvalue weighted by atomic mass is 19.1. The second-order valence-electron chi connectivity index (χ2n) is 12.1. The van der Waals surface area contributed by atoms with Crippen molar-refractivity contribution in [2.24, 2.45) is 17.8 Å². The predicted octanol–water partition coefficient (Wildman–Crippen LogP) is 3.50. The number of aromatic nitrogens is 3. The standard InChI is InChI=1S/C32H44FN5O6/c1-20-6-8-24(39)19-27(40)31(41)29(21(2)7-9-28(20)44-32(42)37-12-10-36(4)11-13-37)22(3)16-23-17-25(33)30-26(18-23)38(35-34-30)14-15-43-5/h7,9,16-18,20-21,24,28-29,39H,6,8,10-15,19H2,1-5H3/b9-7+,22-16+/t20-,21+,24+,28+,29+/m1/s1. The molecule has 2 aromatic rings. The molecule has 11 nitrogen and oxygen atoms in total. The van der Waals surface area contributed by atoms with Gasteiger partial charge in [0, 0.05) is 39.7 Å². The summed E-state index contributed by atoms with van der Waals surface area (Å²) < 4.78 is 27.6. The van der Waals surface area contributed by atoms with E-state index in [1.165, 1.54) is 6.07 Å². The minimum atomic E-state index is -0.997. The van der Waals surface area contributed by atoms with E-state index >= 15 is 0 Å². The molecule has 1 N–H and O–H groups in total. The van der Waals surface area contributed by atoms with Crippen molar-refractivity contribution in [2.45, 2.75) is 58.8 Å². The zero-order valence-corrected chi connectivity index (χ0v) is 26.2. The van der Waals surface area contributed by atoms with Crippen LogP contribution in [-0.4, -0.2) is 107 Å². The zero-order valence-electron chi connectivity index (χ0n) is 26.2. The summed E-state index contributed by atoms with van der Waals surface area (Å²) >= 11 is 0. The summed E-state index contributed by atoms with van der Waals surface area (Å²) in [5.74, 6) is -3.28. The summed E-state index contributed by atoms with van der Waals surface area (Å²) in [7, 11) is 3.57. The first-order valence-electron chi connectivity index (χ1n) is 15.3. The smallest absolute Gasteiger partial charge is 0.410 e. The third-order valence-corrected chi connectivity index (χ3v) is 8.61. The molecular weight excluding hydrogens is 569 g/mol. The maximum atomic E-state index is 15.0. The first kappa shape index (κ1) is 33.4. The number of ketones is 2. The Morgan fingerprint density at radius 3 is 2.57 bits per heavy atom. The molecule has 1 amide bonds. The van der Waals surface area contributed by atoms with Gasteiger partial charge in [-0.3, -0.25) is 9.59 Å². The lowest BCUT2D eigenvalue weighted by Gasteiger charge is -2.33. The van der Waals surface area contributed by atoms with Crippen LogP contribution in [0.5, 0.6) is 0 Å². The monoisotopic (exact) mass is 613 g/mol. The number of halogens is 1. The van der Waals surface area contributed by atoms with Crippen LogP contribution in [0.4, 0.5) is 9.18 Å². The number of allylic oxidation sites excluding steroid dienone is 2. The number of hydrogen-bond acceptors (Lipinski definition) is 9. The Morgan fingerprint density at radius 1 is 1.14 bits per heavy atom. The van der Waals surface area contributed by atoms with E-state index in [2.05, 4.69) is 15.2 Å². The average molecular weight is 614 g/mol. The highest BCUT2D eigenvalue weighted by molar-refractivity contribution is 6.38. The number of methoxy groups -OCH3 is 1. The third kappa shape index (κ3) is 8.16. The molecule has 1 fully saturated rings. The number of piperazine rings is 1. The minimum absolute atomic E-state index is 0.129. The Labute approximate surface area is 257 Å². The molecule has 0 unspecified atom stereocenters. The molecule has 0 saturated carbocycles. The van der Waals surface area contributed by atoms with Crippen LogP contribution in [-0.2, 0) is 25.6 Å². The van der Waals surface area contributed by atoms with E-state index in [-0.39, 0.29) is 24.3 Å². The number of benzene rings is 1. The van der Waals surface area contributed by atoms with Crippen LogP contribution in [0.15, 0.2) is 29.9 Å². The van der Waals surface area contributed by atoms with Gasteiger partial charge in [-0.2, -0.15) is 0 Å². The van der Waals surface area contributed by atoms with Gasteiger partial charge in [-0.25, -0.2) is 13.9 Å². The highest BCUT2D eigenvalue weighted by Crippen LogP contribution is 2.30. The van der Waals surface area contributed by atoms with Crippen molar-refractivity contribution in [3.63, 3.8) is 0 Å². The molecule has 1 aromatic carbocycles. The number of carbonyl (C=O) groups is 3. The van der Waals surface area contributed by atoms with E-state index in [9.17, 15) is 23.9 Å². The zero-order chi connectivity index (χ0) is 32.0. The van der Waals surface area contributed by atoms with E-state index in [0.717, 1.165) is 13.1 Å². The molecule has 2 heterocycles. The molecule has 1 saturated heterocycles. The van der Waals surface area contributed by atoms with Crippen LogP contribution in [0.25, 0.3) is 17.1 Å². The molecule has 240 valence electrons. The SMILES string of the molecule is COCCn1nnc2c(F)cc(/C=C(\C)[C@H]3C(=O)C(=O)C[C@@H](O)CC[C@@H](C)[C@@H](OC(=O)N4CCN(C)CC4)/C=C/[C@@H]3C)cc21. The van der Waals surface area contributed by atoms with Gasteiger partial charge in [0.25, 0.3) is 0 Å². The molecule has 44 heavy (non-hydrogen) atoms. The van der Waals surface area contributed by atoms with E-state index in [1.807, 2.05) is 27.0 Å². The molecule has 1 aliphatic carbocycles. The quantitative estimate of drug-likeness (QED) is 0.385. The number of amides is 1. The fourth-order valence-electron chi connectivity index (χ4n) is 5.82. The number of nitrogens with zero attached hydrogens (tertiary/aromatic N) is 5. The number of rotatable bonds is 6. The van der Waals surface area contributed by atoms with E-state index in [0.29, 0.717) is 49.3 Å². The lowest BCUT2D eigenvalue weighted by atomic mass is 9.80. The summed E-state index contributed by atoms with van der Waals surface area (Å²) in [6.07, 6.45) is 3.83. The Bertz CT molecular complexity index is 1400. The topological polar surface area (TPSA) is 127 Å². The van der Waals surface area contributed by atoms with Gasteiger partial charge in [0.2, 0.25) is 11.6 Å². The van der Waals surface area contributed by atoms with Gasteiger partial charge in [0.1, 0.15) is 11.6 Å². The van der Waals surface area contributed by atoms with Crippen LogP contribution in [0.3, 0.4) is 0 Å². The highest BCUT2D eigenvalue weighted by Gasteiger charge is 2.33. The van der Waals surface area contributed by atoms with Gasteiger partial charge < -0.3 is 24.4 Å². The summed E-state index contributed by atoms with van der Waals surface area (Å²) in [5.41, 5.74) is 1.66. The third-order valence-electron chi connectivity index (χ3n) is 8.61. The van der Waals surface area contributed by atoms with Crippen LogP contribution < -0.4 is 0 Å². The van der Waals surface area contributed by atoms with Gasteiger partial charge >= 0.3 is 6.09 Å². The maximum Gasteiger partial charge on any atom is 0.410 e. The van der Waals surface area contributed by atoms with Crippen LogP contribution >= 0.6 is 0 Å². The van der Waals surface area contributed by atoms with Gasteiger partial charge in [-0.15, -0.1) is 5.10 Å². The average Bonchev–Trinajstić information content (AvgIpc) is 3.39. The van der Waals surface area contributed by atoms with Crippen molar-refractivity contribution in [2.75, 3.05) is 46.9 Å². The fourth-order valence-corrected chi connectivity index (χ4v) is 5.82. The minimum Gasteiger partial charge on any atom is -0.442 e. The van der Waals surface area contributed by atoms with Crippen molar-refractivity contribution in [3.05, 3.63) is 41.2 Å². The van der Waals surface area contributed by atoms with Crippen molar-refractivity contribution in [1.82, 2.24) is 24.8 Å². The van der Waals surface area contributed by atoms with Gasteiger partial charge in [-0.05, 0) is 62.4 Å². The summed E-state index contributed by atoms with van der Waals surface area (Å²) in [6.45, 7) is 8.95. The number of fused-ring (bicyclic) bond motifs is 1. The summed E-state index contributed by atoms with van der Waals surface area (Å²) in [4.78, 5) is 43.5. The Morgan fingerprint density at radius 2 is 1.86 bits per heavy atom. The number of ether oxygens (including phenoxy) is 2. The largest absolute Gasteiger partial charge is 0.442 e. The molecule has 5 atom stereocenters.